The van der Waals surface area contributed by atoms with Gasteiger partial charge in [0.1, 0.15) is 0 Å². The van der Waals surface area contributed by atoms with Crippen molar-refractivity contribution in [1.82, 2.24) is 0 Å². The van der Waals surface area contributed by atoms with E-state index in [0.717, 1.165) is 33.6 Å². The monoisotopic (exact) mass is 375 g/mol. The number of carbonyl (C=O) groups excluding carboxylic acids is 1. The summed E-state index contributed by atoms with van der Waals surface area (Å²) >= 11 is 7.58. The van der Waals surface area contributed by atoms with Crippen LogP contribution in [-0.2, 0) is 4.79 Å². The number of piperidine rings is 1. The van der Waals surface area contributed by atoms with E-state index in [4.69, 9.17) is 11.6 Å². The van der Waals surface area contributed by atoms with Crippen LogP contribution in [-0.4, -0.2) is 25.5 Å². The third-order valence-corrected chi connectivity index (χ3v) is 5.81. The molecule has 25 heavy (non-hydrogen) atoms. The summed E-state index contributed by atoms with van der Waals surface area (Å²) in [7, 11) is 0. The van der Waals surface area contributed by atoms with E-state index in [9.17, 15) is 4.79 Å². The highest BCUT2D eigenvalue weighted by Crippen LogP contribution is 2.33. The van der Waals surface area contributed by atoms with Gasteiger partial charge < -0.3 is 10.2 Å². The van der Waals surface area contributed by atoms with Crippen LogP contribution >= 0.6 is 23.4 Å². The molecule has 0 saturated carbocycles. The van der Waals surface area contributed by atoms with Gasteiger partial charge in [-0.2, -0.15) is 0 Å². The van der Waals surface area contributed by atoms with Gasteiger partial charge in [-0.15, -0.1) is 0 Å². The van der Waals surface area contributed by atoms with Crippen molar-refractivity contribution in [3.8, 4) is 0 Å². The minimum atomic E-state index is 0.0910. The lowest BCUT2D eigenvalue weighted by atomic mass is 10.0. The van der Waals surface area contributed by atoms with Crippen molar-refractivity contribution < 1.29 is 9.69 Å². The first-order chi connectivity index (χ1) is 12.1. The van der Waals surface area contributed by atoms with Crippen LogP contribution in [0, 0.1) is 5.92 Å². The molecule has 0 radical (unpaired) electrons. The standard InChI is InChI=1S/C20H23ClN2OS/c1-15-5-4-12-23(13-15)14-20(24)22-18-6-2-3-7-19(18)25-17-10-8-16(21)9-11-17/h2-3,6-11,15H,4-5,12-14H2,1H3,(H,22,24)/p+1/t15-/m1/s1. The van der Waals surface area contributed by atoms with Crippen molar-refractivity contribution in [2.75, 3.05) is 25.0 Å². The van der Waals surface area contributed by atoms with Crippen molar-refractivity contribution in [2.24, 2.45) is 5.92 Å². The number of quaternary nitrogens is 1. The van der Waals surface area contributed by atoms with E-state index in [-0.39, 0.29) is 5.91 Å². The van der Waals surface area contributed by atoms with Gasteiger partial charge in [0.2, 0.25) is 0 Å². The molecule has 0 spiro atoms. The fourth-order valence-corrected chi connectivity index (χ4v) is 4.30. The van der Waals surface area contributed by atoms with Gasteiger partial charge in [-0.1, -0.05) is 42.4 Å². The van der Waals surface area contributed by atoms with Gasteiger partial charge in [0.05, 0.1) is 18.8 Å². The predicted octanol–water partition coefficient (Wildman–Crippen LogP) is 3.74. The largest absolute Gasteiger partial charge is 0.327 e. The van der Waals surface area contributed by atoms with Crippen molar-refractivity contribution in [3.05, 3.63) is 53.6 Å². The Labute approximate surface area is 158 Å². The maximum absolute atomic E-state index is 12.5. The van der Waals surface area contributed by atoms with Crippen LogP contribution in [0.3, 0.4) is 0 Å². The number of carbonyl (C=O) groups is 1. The zero-order chi connectivity index (χ0) is 17.6. The van der Waals surface area contributed by atoms with E-state index in [1.165, 1.54) is 17.7 Å². The average Bonchev–Trinajstić information content (AvgIpc) is 2.58. The van der Waals surface area contributed by atoms with Crippen molar-refractivity contribution in [2.45, 2.75) is 29.6 Å². The molecule has 2 N–H and O–H groups in total. The number of halogens is 1. The average molecular weight is 376 g/mol. The molecular formula is C20H24ClN2OS+. The molecule has 132 valence electrons. The molecule has 0 aromatic heterocycles. The summed E-state index contributed by atoms with van der Waals surface area (Å²) in [6.07, 6.45) is 2.50. The normalized spacial score (nSPS) is 20.2. The second kappa shape index (κ2) is 8.75. The molecule has 1 aliphatic rings. The summed E-state index contributed by atoms with van der Waals surface area (Å²) in [5.74, 6) is 0.803. The van der Waals surface area contributed by atoms with Gasteiger partial charge >= 0.3 is 0 Å². The Hall–Kier alpha value is -1.49. The minimum absolute atomic E-state index is 0.0910. The van der Waals surface area contributed by atoms with Crippen LogP contribution in [0.15, 0.2) is 58.3 Å². The van der Waals surface area contributed by atoms with Crippen molar-refractivity contribution in [3.63, 3.8) is 0 Å². The maximum atomic E-state index is 12.5. The summed E-state index contributed by atoms with van der Waals surface area (Å²) in [4.78, 5) is 16.0. The summed E-state index contributed by atoms with van der Waals surface area (Å²) in [6, 6.07) is 15.7. The molecular weight excluding hydrogens is 352 g/mol. The molecule has 2 atom stereocenters. The number of nitrogens with one attached hydrogen (secondary N) is 2. The Morgan fingerprint density at radius 3 is 2.76 bits per heavy atom. The van der Waals surface area contributed by atoms with Crippen LogP contribution < -0.4 is 10.2 Å². The second-order valence-electron chi connectivity index (χ2n) is 6.73. The maximum Gasteiger partial charge on any atom is 0.279 e. The first kappa shape index (κ1) is 18.3. The number of benzene rings is 2. The van der Waals surface area contributed by atoms with E-state index in [0.29, 0.717) is 12.5 Å². The number of amides is 1. The molecule has 1 amide bonds. The van der Waals surface area contributed by atoms with E-state index in [2.05, 4.69) is 12.2 Å². The zero-order valence-electron chi connectivity index (χ0n) is 14.4. The molecule has 5 heteroatoms. The first-order valence-electron chi connectivity index (χ1n) is 8.76. The predicted molar refractivity (Wildman–Crippen MR) is 105 cm³/mol. The molecule has 0 bridgehead atoms. The van der Waals surface area contributed by atoms with Crippen molar-refractivity contribution in [1.29, 1.82) is 0 Å². The number of rotatable bonds is 5. The zero-order valence-corrected chi connectivity index (χ0v) is 16.0. The number of hydrogen-bond acceptors (Lipinski definition) is 2. The van der Waals surface area contributed by atoms with Gasteiger partial charge in [0, 0.05) is 20.7 Å². The number of para-hydroxylation sites is 1. The topological polar surface area (TPSA) is 33.5 Å². The summed E-state index contributed by atoms with van der Waals surface area (Å²) in [5, 5.41) is 3.82. The molecule has 2 aromatic carbocycles. The molecule has 3 rings (SSSR count). The minimum Gasteiger partial charge on any atom is -0.327 e. The highest BCUT2D eigenvalue weighted by Gasteiger charge is 2.22. The lowest BCUT2D eigenvalue weighted by Crippen LogP contribution is -3.14. The van der Waals surface area contributed by atoms with Gasteiger partial charge in [0.15, 0.2) is 6.54 Å². The van der Waals surface area contributed by atoms with Crippen LogP contribution in [0.4, 0.5) is 5.69 Å². The van der Waals surface area contributed by atoms with Gasteiger partial charge in [-0.3, -0.25) is 4.79 Å². The number of anilines is 1. The SMILES string of the molecule is C[C@@H]1CCC[NH+](CC(=O)Nc2ccccc2Sc2ccc(Cl)cc2)C1. The van der Waals surface area contributed by atoms with Crippen LogP contribution in [0.25, 0.3) is 0 Å². The number of hydrogen-bond donors (Lipinski definition) is 2. The van der Waals surface area contributed by atoms with Crippen LogP contribution in [0.2, 0.25) is 5.02 Å². The third kappa shape index (κ3) is 5.50. The molecule has 0 aliphatic carbocycles. The van der Waals surface area contributed by atoms with Gasteiger partial charge in [-0.05, 0) is 49.2 Å². The highest BCUT2D eigenvalue weighted by atomic mass is 35.5. The Morgan fingerprint density at radius 1 is 1.24 bits per heavy atom. The second-order valence-corrected chi connectivity index (χ2v) is 8.28. The van der Waals surface area contributed by atoms with Gasteiger partial charge in [-0.25, -0.2) is 0 Å². The van der Waals surface area contributed by atoms with E-state index in [1.54, 1.807) is 11.8 Å². The molecule has 3 nitrogen and oxygen atoms in total. The molecule has 1 fully saturated rings. The van der Waals surface area contributed by atoms with Gasteiger partial charge in [0.25, 0.3) is 5.91 Å². The lowest BCUT2D eigenvalue weighted by molar-refractivity contribution is -0.900. The summed E-state index contributed by atoms with van der Waals surface area (Å²) < 4.78 is 0. The highest BCUT2D eigenvalue weighted by molar-refractivity contribution is 7.99. The van der Waals surface area contributed by atoms with Crippen LogP contribution in [0.5, 0.6) is 0 Å². The summed E-state index contributed by atoms with van der Waals surface area (Å²) in [5.41, 5.74) is 0.872. The molecule has 2 aromatic rings. The summed E-state index contributed by atoms with van der Waals surface area (Å²) in [6.45, 7) is 5.01. The van der Waals surface area contributed by atoms with E-state index < -0.39 is 0 Å². The molecule has 1 heterocycles. The van der Waals surface area contributed by atoms with Crippen LogP contribution in [0.1, 0.15) is 19.8 Å². The Morgan fingerprint density at radius 2 is 2.00 bits per heavy atom. The number of likely N-dealkylation sites (tertiary alicyclic amines) is 1. The Balaban J connectivity index is 1.64. The fourth-order valence-electron chi connectivity index (χ4n) is 3.27. The first-order valence-corrected chi connectivity index (χ1v) is 9.95. The Kier molecular flexibility index (Phi) is 6.40. The fraction of sp³-hybridized carbons (Fsp3) is 0.350. The molecule has 1 aliphatic heterocycles. The van der Waals surface area contributed by atoms with E-state index in [1.807, 2.05) is 48.5 Å². The molecule has 1 unspecified atom stereocenters. The third-order valence-electron chi connectivity index (χ3n) is 4.48. The smallest absolute Gasteiger partial charge is 0.279 e. The Bertz CT molecular complexity index is 720. The van der Waals surface area contributed by atoms with Crippen molar-refractivity contribution >= 4 is 35.0 Å². The van der Waals surface area contributed by atoms with E-state index >= 15 is 0 Å². The lowest BCUT2D eigenvalue weighted by Gasteiger charge is -2.27. The molecule has 1 saturated heterocycles. The quantitative estimate of drug-likeness (QED) is 0.834.